The quantitative estimate of drug-likeness (QED) is 0.842. The molecular weight excluding hydrogens is 246 g/mol. The standard InChI is InChI=1S/C14H19NO2S/c1-10(8-13(16)14-4-3-7-18-14)15-9-12-6-5-11(2)17-12/h3-7,10,13,15-16H,8-9H2,1-2H3/t10-,13+/m1/s1. The zero-order valence-corrected chi connectivity index (χ0v) is 11.5. The van der Waals surface area contributed by atoms with Gasteiger partial charge in [-0.15, -0.1) is 11.3 Å². The zero-order valence-electron chi connectivity index (χ0n) is 10.7. The Kier molecular flexibility index (Phi) is 4.58. The molecule has 2 aromatic heterocycles. The molecule has 2 aromatic rings. The lowest BCUT2D eigenvalue weighted by Gasteiger charge is -2.16. The summed E-state index contributed by atoms with van der Waals surface area (Å²) in [5.41, 5.74) is 0. The number of nitrogens with one attached hydrogen (secondary N) is 1. The number of hydrogen-bond acceptors (Lipinski definition) is 4. The van der Waals surface area contributed by atoms with Gasteiger partial charge in [0.15, 0.2) is 0 Å². The number of furan rings is 1. The van der Waals surface area contributed by atoms with Crippen LogP contribution in [0.2, 0.25) is 0 Å². The van der Waals surface area contributed by atoms with E-state index >= 15 is 0 Å². The lowest BCUT2D eigenvalue weighted by Crippen LogP contribution is -2.27. The minimum Gasteiger partial charge on any atom is -0.465 e. The molecule has 0 radical (unpaired) electrons. The second-order valence-corrected chi connectivity index (χ2v) is 5.54. The van der Waals surface area contributed by atoms with Crippen molar-refractivity contribution in [1.82, 2.24) is 5.32 Å². The van der Waals surface area contributed by atoms with Crippen LogP contribution in [0.5, 0.6) is 0 Å². The van der Waals surface area contributed by atoms with Crippen LogP contribution >= 0.6 is 11.3 Å². The Morgan fingerprint density at radius 3 is 2.83 bits per heavy atom. The number of aliphatic hydroxyl groups is 1. The van der Waals surface area contributed by atoms with E-state index in [4.69, 9.17) is 4.42 Å². The first kappa shape index (κ1) is 13.3. The molecule has 0 aliphatic heterocycles. The van der Waals surface area contributed by atoms with E-state index in [-0.39, 0.29) is 12.1 Å². The van der Waals surface area contributed by atoms with Crippen molar-refractivity contribution in [2.75, 3.05) is 0 Å². The van der Waals surface area contributed by atoms with Gasteiger partial charge in [-0.05, 0) is 43.8 Å². The first-order valence-corrected chi connectivity index (χ1v) is 7.03. The molecule has 18 heavy (non-hydrogen) atoms. The van der Waals surface area contributed by atoms with Gasteiger partial charge in [0.1, 0.15) is 11.5 Å². The maximum Gasteiger partial charge on any atom is 0.117 e. The molecule has 2 heterocycles. The SMILES string of the molecule is Cc1ccc(CN[C@H](C)C[C@H](O)c2cccs2)o1. The Bertz CT molecular complexity index is 464. The van der Waals surface area contributed by atoms with Crippen LogP contribution in [-0.2, 0) is 6.54 Å². The van der Waals surface area contributed by atoms with Crippen molar-refractivity contribution in [3.8, 4) is 0 Å². The second kappa shape index (κ2) is 6.18. The Morgan fingerprint density at radius 2 is 2.22 bits per heavy atom. The number of aryl methyl sites for hydroxylation is 1. The molecule has 0 bridgehead atoms. The number of aliphatic hydroxyl groups excluding tert-OH is 1. The minimum atomic E-state index is -0.383. The van der Waals surface area contributed by atoms with E-state index < -0.39 is 0 Å². The Hall–Kier alpha value is -1.10. The maximum atomic E-state index is 10.0. The molecule has 2 N–H and O–H groups in total. The van der Waals surface area contributed by atoms with Crippen molar-refractivity contribution in [1.29, 1.82) is 0 Å². The van der Waals surface area contributed by atoms with E-state index in [1.807, 2.05) is 36.6 Å². The molecule has 98 valence electrons. The highest BCUT2D eigenvalue weighted by molar-refractivity contribution is 7.10. The summed E-state index contributed by atoms with van der Waals surface area (Å²) in [7, 11) is 0. The second-order valence-electron chi connectivity index (χ2n) is 4.56. The molecule has 2 atom stereocenters. The summed E-state index contributed by atoms with van der Waals surface area (Å²) in [5, 5.41) is 15.4. The van der Waals surface area contributed by atoms with Gasteiger partial charge in [-0.25, -0.2) is 0 Å². The smallest absolute Gasteiger partial charge is 0.117 e. The first-order valence-electron chi connectivity index (χ1n) is 6.15. The van der Waals surface area contributed by atoms with E-state index in [2.05, 4.69) is 12.2 Å². The van der Waals surface area contributed by atoms with Crippen LogP contribution in [0, 0.1) is 6.92 Å². The van der Waals surface area contributed by atoms with Crippen LogP contribution in [-0.4, -0.2) is 11.1 Å². The molecule has 0 aromatic carbocycles. The summed E-state index contributed by atoms with van der Waals surface area (Å²) in [6, 6.07) is 8.12. The molecule has 0 fully saturated rings. The van der Waals surface area contributed by atoms with Crippen LogP contribution in [0.25, 0.3) is 0 Å². The van der Waals surface area contributed by atoms with Crippen molar-refractivity contribution in [3.05, 3.63) is 46.0 Å². The van der Waals surface area contributed by atoms with E-state index in [1.165, 1.54) is 0 Å². The van der Waals surface area contributed by atoms with Gasteiger partial charge in [0, 0.05) is 10.9 Å². The Balaban J connectivity index is 1.76. The molecule has 3 nitrogen and oxygen atoms in total. The molecule has 0 amide bonds. The zero-order chi connectivity index (χ0) is 13.0. The largest absolute Gasteiger partial charge is 0.465 e. The van der Waals surface area contributed by atoms with Gasteiger partial charge in [0.05, 0.1) is 12.6 Å². The molecule has 0 saturated carbocycles. The highest BCUT2D eigenvalue weighted by Gasteiger charge is 2.13. The van der Waals surface area contributed by atoms with Gasteiger partial charge in [-0.1, -0.05) is 6.07 Å². The van der Waals surface area contributed by atoms with Crippen LogP contribution in [0.3, 0.4) is 0 Å². The first-order chi connectivity index (χ1) is 8.65. The van der Waals surface area contributed by atoms with Gasteiger partial charge in [0.25, 0.3) is 0 Å². The number of rotatable bonds is 6. The molecular formula is C14H19NO2S. The third-order valence-corrected chi connectivity index (χ3v) is 3.84. The average Bonchev–Trinajstić information content (AvgIpc) is 2.97. The normalized spacial score (nSPS) is 14.6. The fourth-order valence-electron chi connectivity index (χ4n) is 1.87. The topological polar surface area (TPSA) is 45.4 Å². The van der Waals surface area contributed by atoms with E-state index in [0.717, 1.165) is 16.4 Å². The highest BCUT2D eigenvalue weighted by atomic mass is 32.1. The monoisotopic (exact) mass is 265 g/mol. The lowest BCUT2D eigenvalue weighted by molar-refractivity contribution is 0.157. The maximum absolute atomic E-state index is 10.0. The summed E-state index contributed by atoms with van der Waals surface area (Å²) in [6.07, 6.45) is 0.325. The average molecular weight is 265 g/mol. The summed E-state index contributed by atoms with van der Waals surface area (Å²) < 4.78 is 5.49. The van der Waals surface area contributed by atoms with E-state index in [1.54, 1.807) is 11.3 Å². The van der Waals surface area contributed by atoms with Crippen LogP contribution in [0.4, 0.5) is 0 Å². The van der Waals surface area contributed by atoms with Crippen LogP contribution in [0.15, 0.2) is 34.1 Å². The van der Waals surface area contributed by atoms with Crippen molar-refractivity contribution in [2.45, 2.75) is 39.0 Å². The predicted molar refractivity (Wildman–Crippen MR) is 73.6 cm³/mol. The van der Waals surface area contributed by atoms with Crippen molar-refractivity contribution in [2.24, 2.45) is 0 Å². The lowest BCUT2D eigenvalue weighted by atomic mass is 10.1. The summed E-state index contributed by atoms with van der Waals surface area (Å²) in [5.74, 6) is 1.86. The third-order valence-electron chi connectivity index (χ3n) is 2.87. The number of hydrogen-bond donors (Lipinski definition) is 2. The van der Waals surface area contributed by atoms with Gasteiger partial charge in [0.2, 0.25) is 0 Å². The van der Waals surface area contributed by atoms with Crippen LogP contribution in [0.1, 0.15) is 35.8 Å². The molecule has 0 aliphatic carbocycles. The molecule has 0 unspecified atom stereocenters. The number of thiophene rings is 1. The van der Waals surface area contributed by atoms with Crippen molar-refractivity contribution < 1.29 is 9.52 Å². The Labute approximate surface area is 111 Å². The van der Waals surface area contributed by atoms with Gasteiger partial charge in [-0.2, -0.15) is 0 Å². The summed E-state index contributed by atoms with van der Waals surface area (Å²) >= 11 is 1.59. The van der Waals surface area contributed by atoms with Gasteiger partial charge in [-0.3, -0.25) is 0 Å². The molecule has 4 heteroatoms. The van der Waals surface area contributed by atoms with E-state index in [0.29, 0.717) is 13.0 Å². The van der Waals surface area contributed by atoms with Crippen molar-refractivity contribution in [3.63, 3.8) is 0 Å². The van der Waals surface area contributed by atoms with Gasteiger partial charge >= 0.3 is 0 Å². The summed E-state index contributed by atoms with van der Waals surface area (Å²) in [6.45, 7) is 4.71. The third kappa shape index (κ3) is 3.70. The van der Waals surface area contributed by atoms with Crippen LogP contribution < -0.4 is 5.32 Å². The molecule has 0 spiro atoms. The van der Waals surface area contributed by atoms with Gasteiger partial charge < -0.3 is 14.8 Å². The highest BCUT2D eigenvalue weighted by Crippen LogP contribution is 2.22. The van der Waals surface area contributed by atoms with E-state index in [9.17, 15) is 5.11 Å². The Morgan fingerprint density at radius 1 is 1.39 bits per heavy atom. The summed E-state index contributed by atoms with van der Waals surface area (Å²) in [4.78, 5) is 1.03. The minimum absolute atomic E-state index is 0.243. The fraction of sp³-hybridized carbons (Fsp3) is 0.429. The molecule has 2 rings (SSSR count). The predicted octanol–water partition coefficient (Wildman–Crippen LogP) is 3.25. The fourth-order valence-corrected chi connectivity index (χ4v) is 2.59. The molecule has 0 aliphatic rings. The van der Waals surface area contributed by atoms with Crippen molar-refractivity contribution >= 4 is 11.3 Å². The molecule has 0 saturated heterocycles.